The van der Waals surface area contributed by atoms with E-state index in [0.29, 0.717) is 0 Å². The molecule has 0 aromatic heterocycles. The number of allylic oxidation sites excluding steroid dienone is 2. The van der Waals surface area contributed by atoms with Crippen LogP contribution in [0.25, 0.3) is 23.3 Å². The summed E-state index contributed by atoms with van der Waals surface area (Å²) in [6.07, 6.45) is 4.68. The van der Waals surface area contributed by atoms with Gasteiger partial charge in [0, 0.05) is 0 Å². The zero-order valence-electron chi connectivity index (χ0n) is 10.6. The van der Waals surface area contributed by atoms with Gasteiger partial charge in [0.25, 0.3) is 0 Å². The Morgan fingerprint density at radius 3 is 2.39 bits per heavy atom. The molecule has 0 saturated heterocycles. The van der Waals surface area contributed by atoms with Crippen LogP contribution in [0.5, 0.6) is 0 Å². The summed E-state index contributed by atoms with van der Waals surface area (Å²) in [6, 6.07) is 13.1. The van der Waals surface area contributed by atoms with Crippen molar-refractivity contribution in [3.05, 3.63) is 69.8 Å². The molecule has 0 saturated carbocycles. The molecule has 2 aliphatic carbocycles. The van der Waals surface area contributed by atoms with Gasteiger partial charge >= 0.3 is 0 Å². The Kier molecular flexibility index (Phi) is 1.78. The van der Waals surface area contributed by atoms with Crippen molar-refractivity contribution in [2.24, 2.45) is 0 Å². The number of hydrogen-bond donors (Lipinski definition) is 0. The van der Waals surface area contributed by atoms with Crippen LogP contribution in [0.15, 0.2) is 36.4 Å². The molecule has 0 unspecified atom stereocenters. The highest BCUT2D eigenvalue weighted by atomic mass is 14.3. The largest absolute Gasteiger partial charge is 0.0616 e. The van der Waals surface area contributed by atoms with E-state index in [9.17, 15) is 0 Å². The normalized spacial score (nSPS) is 14.8. The van der Waals surface area contributed by atoms with Crippen LogP contribution >= 0.6 is 0 Å². The fraction of sp³-hybridized carbons (Fsp3) is 0.111. The molecular weight excluding hydrogens is 216 g/mol. The van der Waals surface area contributed by atoms with Crippen LogP contribution in [0.1, 0.15) is 33.4 Å². The predicted molar refractivity (Wildman–Crippen MR) is 78.1 cm³/mol. The summed E-state index contributed by atoms with van der Waals surface area (Å²) in [7, 11) is 0. The lowest BCUT2D eigenvalue weighted by Gasteiger charge is -2.06. The Bertz CT molecular complexity index is 743. The molecule has 0 N–H and O–H groups in total. The first kappa shape index (κ1) is 9.90. The molecule has 86 valence electrons. The third-order valence-corrected chi connectivity index (χ3v) is 4.21. The summed E-state index contributed by atoms with van der Waals surface area (Å²) in [6.45, 7) is 4.41. The molecule has 0 fully saturated rings. The molecule has 0 heteroatoms. The molecule has 2 aromatic rings. The van der Waals surface area contributed by atoms with Gasteiger partial charge in [0.15, 0.2) is 0 Å². The third kappa shape index (κ3) is 1.10. The van der Waals surface area contributed by atoms with Crippen LogP contribution in [0.2, 0.25) is 0 Å². The van der Waals surface area contributed by atoms with E-state index in [4.69, 9.17) is 0 Å². The Morgan fingerprint density at radius 1 is 0.722 bits per heavy atom. The van der Waals surface area contributed by atoms with Crippen LogP contribution in [-0.2, 0) is 0 Å². The van der Waals surface area contributed by atoms with Gasteiger partial charge in [-0.05, 0) is 70.5 Å². The zero-order chi connectivity index (χ0) is 12.3. The van der Waals surface area contributed by atoms with E-state index in [1.165, 1.54) is 44.5 Å². The number of rotatable bonds is 0. The van der Waals surface area contributed by atoms with Crippen molar-refractivity contribution in [3.8, 4) is 0 Å². The lowest BCUT2D eigenvalue weighted by atomic mass is 9.98. The van der Waals surface area contributed by atoms with E-state index in [0.717, 1.165) is 0 Å². The van der Waals surface area contributed by atoms with Crippen molar-refractivity contribution in [1.29, 1.82) is 0 Å². The van der Waals surface area contributed by atoms with Crippen LogP contribution in [0.3, 0.4) is 0 Å². The second kappa shape index (κ2) is 3.23. The van der Waals surface area contributed by atoms with Crippen molar-refractivity contribution < 1.29 is 0 Å². The van der Waals surface area contributed by atoms with Crippen LogP contribution in [0.4, 0.5) is 0 Å². The van der Waals surface area contributed by atoms with Gasteiger partial charge in [-0.15, -0.1) is 0 Å². The van der Waals surface area contributed by atoms with Gasteiger partial charge < -0.3 is 0 Å². The van der Waals surface area contributed by atoms with E-state index in [1.807, 2.05) is 0 Å². The highest BCUT2D eigenvalue weighted by Crippen LogP contribution is 2.48. The summed E-state index contributed by atoms with van der Waals surface area (Å²) in [5, 5.41) is 0. The summed E-state index contributed by atoms with van der Waals surface area (Å²) in [5.41, 5.74) is 11.1. The minimum atomic E-state index is 1.35. The number of hydrogen-bond acceptors (Lipinski definition) is 0. The Morgan fingerprint density at radius 2 is 1.50 bits per heavy atom. The van der Waals surface area contributed by atoms with Crippen molar-refractivity contribution in [2.75, 3.05) is 0 Å². The maximum atomic E-state index is 2.36. The molecule has 0 aliphatic heterocycles. The van der Waals surface area contributed by atoms with E-state index >= 15 is 0 Å². The maximum Gasteiger partial charge on any atom is -0.00927 e. The first-order chi connectivity index (χ1) is 8.75. The molecule has 0 atom stereocenters. The summed E-state index contributed by atoms with van der Waals surface area (Å²) in [5.74, 6) is 0. The summed E-state index contributed by atoms with van der Waals surface area (Å²) in [4.78, 5) is 0. The van der Waals surface area contributed by atoms with Crippen molar-refractivity contribution >= 4 is 23.3 Å². The predicted octanol–water partition coefficient (Wildman–Crippen LogP) is 4.71. The van der Waals surface area contributed by atoms with Gasteiger partial charge in [0.2, 0.25) is 0 Å². The topological polar surface area (TPSA) is 0 Å². The third-order valence-electron chi connectivity index (χ3n) is 4.21. The molecule has 0 bridgehead atoms. The van der Waals surface area contributed by atoms with Gasteiger partial charge in [-0.3, -0.25) is 0 Å². The molecule has 0 amide bonds. The molecule has 2 aromatic carbocycles. The average Bonchev–Trinajstić information content (AvgIpc) is 2.90. The van der Waals surface area contributed by atoms with E-state index in [2.05, 4.69) is 62.4 Å². The second-order valence-corrected chi connectivity index (χ2v) is 5.17. The number of fused-ring (bicyclic) bond motifs is 5. The minimum Gasteiger partial charge on any atom is -0.0616 e. The number of benzene rings is 2. The Labute approximate surface area is 107 Å². The van der Waals surface area contributed by atoms with Gasteiger partial charge in [0.05, 0.1) is 0 Å². The molecule has 0 nitrogen and oxygen atoms in total. The highest BCUT2D eigenvalue weighted by Gasteiger charge is 2.26. The van der Waals surface area contributed by atoms with Crippen LogP contribution in [-0.4, -0.2) is 0 Å². The zero-order valence-corrected chi connectivity index (χ0v) is 10.6. The van der Waals surface area contributed by atoms with E-state index in [1.54, 1.807) is 0 Å². The molecule has 0 radical (unpaired) electrons. The summed E-state index contributed by atoms with van der Waals surface area (Å²) >= 11 is 0. The van der Waals surface area contributed by atoms with Gasteiger partial charge in [0.1, 0.15) is 0 Å². The molecule has 2 aliphatic rings. The van der Waals surface area contributed by atoms with Gasteiger partial charge in [-0.1, -0.05) is 36.4 Å². The van der Waals surface area contributed by atoms with E-state index in [-0.39, 0.29) is 0 Å². The fourth-order valence-electron chi connectivity index (χ4n) is 3.03. The van der Waals surface area contributed by atoms with Gasteiger partial charge in [-0.2, -0.15) is 0 Å². The standard InChI is InChI=1S/C18H14/c1-11-7-8-15-16(12(11)2)10-18-14-6-4-3-5-13(14)9-17(15)18/h3-10H,1-2H3. The molecule has 4 rings (SSSR count). The van der Waals surface area contributed by atoms with Crippen LogP contribution < -0.4 is 0 Å². The van der Waals surface area contributed by atoms with Gasteiger partial charge in [-0.25, -0.2) is 0 Å². The molecular formula is C18H14. The Balaban J connectivity index is 2.02. The molecule has 0 heterocycles. The van der Waals surface area contributed by atoms with Crippen molar-refractivity contribution in [3.63, 3.8) is 0 Å². The first-order valence-corrected chi connectivity index (χ1v) is 6.39. The smallest absolute Gasteiger partial charge is 0.00927 e. The quantitative estimate of drug-likeness (QED) is 0.614. The SMILES string of the molecule is Cc1ccc2c(c1C)C=C1C2=Cc2ccccc21. The van der Waals surface area contributed by atoms with E-state index < -0.39 is 0 Å². The monoisotopic (exact) mass is 230 g/mol. The van der Waals surface area contributed by atoms with Crippen molar-refractivity contribution in [1.82, 2.24) is 0 Å². The minimum absolute atomic E-state index is 1.35. The lowest BCUT2D eigenvalue weighted by molar-refractivity contribution is 1.32. The average molecular weight is 230 g/mol. The number of aryl methyl sites for hydroxylation is 1. The van der Waals surface area contributed by atoms with Crippen LogP contribution in [0, 0.1) is 13.8 Å². The highest BCUT2D eigenvalue weighted by molar-refractivity contribution is 6.26. The summed E-state index contributed by atoms with van der Waals surface area (Å²) < 4.78 is 0. The lowest BCUT2D eigenvalue weighted by Crippen LogP contribution is -1.88. The maximum absolute atomic E-state index is 2.36. The fourth-order valence-corrected chi connectivity index (χ4v) is 3.03. The van der Waals surface area contributed by atoms with Crippen molar-refractivity contribution in [2.45, 2.75) is 13.8 Å². The molecule has 0 spiro atoms. The Hall–Kier alpha value is -2.08. The molecule has 18 heavy (non-hydrogen) atoms. The second-order valence-electron chi connectivity index (χ2n) is 5.17. The first-order valence-electron chi connectivity index (χ1n) is 6.39.